The van der Waals surface area contributed by atoms with E-state index in [0.29, 0.717) is 13.2 Å². The average molecular weight is 261 g/mol. The molecule has 1 unspecified atom stereocenters. The van der Waals surface area contributed by atoms with Crippen molar-refractivity contribution < 1.29 is 13.9 Å². The van der Waals surface area contributed by atoms with Crippen LogP contribution in [0.2, 0.25) is 0 Å². The van der Waals surface area contributed by atoms with E-state index >= 15 is 0 Å². The Kier molecular flexibility index (Phi) is 4.86. The van der Waals surface area contributed by atoms with Crippen molar-refractivity contribution in [3.05, 3.63) is 48.4 Å². The van der Waals surface area contributed by atoms with Crippen LogP contribution in [0.1, 0.15) is 5.76 Å². The number of ether oxygens (including phenoxy) is 2. The van der Waals surface area contributed by atoms with Crippen molar-refractivity contribution in [3.63, 3.8) is 0 Å². The maximum Gasteiger partial charge on any atom is 0.119 e. The summed E-state index contributed by atoms with van der Waals surface area (Å²) in [7, 11) is 1.64. The minimum absolute atomic E-state index is 0.244. The van der Waals surface area contributed by atoms with Gasteiger partial charge in [-0.15, -0.1) is 0 Å². The highest BCUT2D eigenvalue weighted by Crippen LogP contribution is 2.18. The van der Waals surface area contributed by atoms with Gasteiger partial charge in [0.15, 0.2) is 0 Å². The number of hydrogen-bond donors (Lipinski definition) is 1. The van der Waals surface area contributed by atoms with E-state index < -0.39 is 0 Å². The Morgan fingerprint density at radius 1 is 1.16 bits per heavy atom. The van der Waals surface area contributed by atoms with Gasteiger partial charge >= 0.3 is 0 Å². The molecule has 1 heterocycles. The van der Waals surface area contributed by atoms with Gasteiger partial charge in [-0.2, -0.15) is 0 Å². The fraction of sp³-hybridized carbons (Fsp3) is 0.333. The van der Waals surface area contributed by atoms with Crippen LogP contribution < -0.4 is 15.2 Å². The SMILES string of the molecule is COc1ccc(OCC(CN)Cc2ccco2)cc1. The first-order valence-corrected chi connectivity index (χ1v) is 6.31. The summed E-state index contributed by atoms with van der Waals surface area (Å²) < 4.78 is 16.1. The van der Waals surface area contributed by atoms with E-state index in [1.54, 1.807) is 13.4 Å². The highest BCUT2D eigenvalue weighted by Gasteiger charge is 2.10. The quantitative estimate of drug-likeness (QED) is 0.832. The molecule has 102 valence electrons. The molecule has 0 radical (unpaired) electrons. The lowest BCUT2D eigenvalue weighted by atomic mass is 10.1. The zero-order chi connectivity index (χ0) is 13.5. The third-order valence-electron chi connectivity index (χ3n) is 2.95. The van der Waals surface area contributed by atoms with Gasteiger partial charge in [0.05, 0.1) is 20.0 Å². The topological polar surface area (TPSA) is 57.6 Å². The molecular formula is C15H19NO3. The maximum atomic E-state index is 5.76. The van der Waals surface area contributed by atoms with Crippen LogP contribution in [0, 0.1) is 5.92 Å². The zero-order valence-corrected chi connectivity index (χ0v) is 11.0. The van der Waals surface area contributed by atoms with E-state index in [2.05, 4.69) is 0 Å². The Morgan fingerprint density at radius 3 is 2.47 bits per heavy atom. The molecule has 0 aliphatic carbocycles. The number of benzene rings is 1. The Morgan fingerprint density at radius 2 is 1.89 bits per heavy atom. The number of rotatable bonds is 7. The maximum absolute atomic E-state index is 5.76. The molecule has 0 bridgehead atoms. The molecule has 19 heavy (non-hydrogen) atoms. The summed E-state index contributed by atoms with van der Waals surface area (Å²) in [5.41, 5.74) is 5.76. The zero-order valence-electron chi connectivity index (χ0n) is 11.0. The Bertz CT molecular complexity index is 465. The third-order valence-corrected chi connectivity index (χ3v) is 2.95. The summed E-state index contributed by atoms with van der Waals surface area (Å²) >= 11 is 0. The predicted molar refractivity (Wildman–Crippen MR) is 73.4 cm³/mol. The number of furan rings is 1. The molecule has 1 aromatic carbocycles. The van der Waals surface area contributed by atoms with E-state index in [0.717, 1.165) is 23.7 Å². The van der Waals surface area contributed by atoms with Crippen LogP contribution in [0.3, 0.4) is 0 Å². The highest BCUT2D eigenvalue weighted by molar-refractivity contribution is 5.31. The minimum Gasteiger partial charge on any atom is -0.497 e. The monoisotopic (exact) mass is 261 g/mol. The minimum atomic E-state index is 0.244. The molecule has 0 amide bonds. The van der Waals surface area contributed by atoms with Gasteiger partial charge in [0, 0.05) is 12.3 Å². The van der Waals surface area contributed by atoms with E-state index in [1.165, 1.54) is 0 Å². The Balaban J connectivity index is 1.84. The first-order valence-electron chi connectivity index (χ1n) is 6.31. The lowest BCUT2D eigenvalue weighted by molar-refractivity contribution is 0.245. The van der Waals surface area contributed by atoms with E-state index in [-0.39, 0.29) is 5.92 Å². The molecule has 4 heteroatoms. The largest absolute Gasteiger partial charge is 0.497 e. The van der Waals surface area contributed by atoms with Crippen LogP contribution in [0.25, 0.3) is 0 Å². The summed E-state index contributed by atoms with van der Waals surface area (Å²) in [6, 6.07) is 11.4. The second-order valence-corrected chi connectivity index (χ2v) is 4.37. The molecule has 0 saturated heterocycles. The normalized spacial score (nSPS) is 12.1. The fourth-order valence-electron chi connectivity index (χ4n) is 1.81. The lowest BCUT2D eigenvalue weighted by Crippen LogP contribution is -2.23. The summed E-state index contributed by atoms with van der Waals surface area (Å²) in [6.07, 6.45) is 2.47. The van der Waals surface area contributed by atoms with Crippen molar-refractivity contribution >= 4 is 0 Å². The number of methoxy groups -OCH3 is 1. The second-order valence-electron chi connectivity index (χ2n) is 4.37. The summed E-state index contributed by atoms with van der Waals surface area (Å²) in [6.45, 7) is 1.14. The summed E-state index contributed by atoms with van der Waals surface area (Å²) in [5.74, 6) is 2.82. The molecule has 4 nitrogen and oxygen atoms in total. The molecule has 2 N–H and O–H groups in total. The van der Waals surface area contributed by atoms with Gasteiger partial charge in [-0.05, 0) is 42.9 Å². The smallest absolute Gasteiger partial charge is 0.119 e. The van der Waals surface area contributed by atoms with Crippen molar-refractivity contribution in [1.29, 1.82) is 0 Å². The fourth-order valence-corrected chi connectivity index (χ4v) is 1.81. The predicted octanol–water partition coefficient (Wildman–Crippen LogP) is 2.48. The Hall–Kier alpha value is -1.94. The molecule has 0 fully saturated rings. The first kappa shape index (κ1) is 13.5. The number of nitrogens with two attached hydrogens (primary N) is 1. The van der Waals surface area contributed by atoms with Crippen molar-refractivity contribution in [1.82, 2.24) is 0 Å². The van der Waals surface area contributed by atoms with Gasteiger partial charge in [0.2, 0.25) is 0 Å². The molecule has 0 saturated carbocycles. The lowest BCUT2D eigenvalue weighted by Gasteiger charge is -2.14. The standard InChI is InChI=1S/C15H19NO3/c1-17-13-4-6-14(7-5-13)19-11-12(10-16)9-15-3-2-8-18-15/h2-8,12H,9-11,16H2,1H3. The van der Waals surface area contributed by atoms with Gasteiger partial charge in [-0.25, -0.2) is 0 Å². The van der Waals surface area contributed by atoms with Gasteiger partial charge in [-0.1, -0.05) is 0 Å². The van der Waals surface area contributed by atoms with Crippen LogP contribution in [-0.2, 0) is 6.42 Å². The van der Waals surface area contributed by atoms with Crippen molar-refractivity contribution in [3.8, 4) is 11.5 Å². The van der Waals surface area contributed by atoms with Gasteiger partial charge in [0.1, 0.15) is 17.3 Å². The van der Waals surface area contributed by atoms with Crippen LogP contribution >= 0.6 is 0 Å². The van der Waals surface area contributed by atoms with Gasteiger partial charge < -0.3 is 19.6 Å². The van der Waals surface area contributed by atoms with Crippen LogP contribution in [0.15, 0.2) is 47.1 Å². The second kappa shape index (κ2) is 6.85. The van der Waals surface area contributed by atoms with Crippen LogP contribution in [-0.4, -0.2) is 20.3 Å². The highest BCUT2D eigenvalue weighted by atomic mass is 16.5. The van der Waals surface area contributed by atoms with Gasteiger partial charge in [0.25, 0.3) is 0 Å². The van der Waals surface area contributed by atoms with Crippen LogP contribution in [0.5, 0.6) is 11.5 Å². The average Bonchev–Trinajstić information content (AvgIpc) is 2.97. The van der Waals surface area contributed by atoms with E-state index in [4.69, 9.17) is 19.6 Å². The van der Waals surface area contributed by atoms with E-state index in [9.17, 15) is 0 Å². The third kappa shape index (κ3) is 4.03. The molecular weight excluding hydrogens is 242 g/mol. The number of hydrogen-bond acceptors (Lipinski definition) is 4. The Labute approximate surface area is 113 Å². The first-order chi connectivity index (χ1) is 9.31. The molecule has 0 aliphatic rings. The van der Waals surface area contributed by atoms with Crippen molar-refractivity contribution in [2.75, 3.05) is 20.3 Å². The summed E-state index contributed by atoms with van der Waals surface area (Å²) in [4.78, 5) is 0. The molecule has 1 aromatic heterocycles. The summed E-state index contributed by atoms with van der Waals surface area (Å²) in [5, 5.41) is 0. The molecule has 0 aliphatic heterocycles. The molecule has 1 atom stereocenters. The molecule has 2 rings (SSSR count). The molecule has 0 spiro atoms. The van der Waals surface area contributed by atoms with Crippen LogP contribution in [0.4, 0.5) is 0 Å². The van der Waals surface area contributed by atoms with Gasteiger partial charge in [-0.3, -0.25) is 0 Å². The van der Waals surface area contributed by atoms with Crippen molar-refractivity contribution in [2.24, 2.45) is 11.7 Å². The van der Waals surface area contributed by atoms with E-state index in [1.807, 2.05) is 36.4 Å². The van der Waals surface area contributed by atoms with Crippen molar-refractivity contribution in [2.45, 2.75) is 6.42 Å². The molecule has 2 aromatic rings.